The van der Waals surface area contributed by atoms with Gasteiger partial charge < -0.3 is 14.6 Å². The van der Waals surface area contributed by atoms with Gasteiger partial charge in [0.2, 0.25) is 0 Å². The molecule has 26 heavy (non-hydrogen) atoms. The third-order valence-electron chi connectivity index (χ3n) is 3.90. The second kappa shape index (κ2) is 8.56. The zero-order valence-corrected chi connectivity index (χ0v) is 15.8. The van der Waals surface area contributed by atoms with Crippen molar-refractivity contribution in [1.82, 2.24) is 0 Å². The molecule has 0 heterocycles. The molecule has 0 amide bonds. The summed E-state index contributed by atoms with van der Waals surface area (Å²) in [6.45, 7) is 9.40. The van der Waals surface area contributed by atoms with Gasteiger partial charge in [-0.05, 0) is 47.2 Å². The van der Waals surface area contributed by atoms with Crippen LogP contribution in [0.3, 0.4) is 0 Å². The minimum Gasteiger partial charge on any atom is -0.490 e. The monoisotopic (exact) mass is 354 g/mol. The van der Waals surface area contributed by atoms with Crippen molar-refractivity contribution in [3.05, 3.63) is 65.2 Å². The number of benzene rings is 2. The molecule has 4 heteroatoms. The Hall–Kier alpha value is -2.75. The van der Waals surface area contributed by atoms with Crippen LogP contribution < -0.4 is 9.47 Å². The van der Waals surface area contributed by atoms with Crippen molar-refractivity contribution in [2.45, 2.75) is 39.7 Å². The summed E-state index contributed by atoms with van der Waals surface area (Å²) in [5.74, 6) is 0.257. The molecule has 1 N–H and O–H groups in total. The van der Waals surface area contributed by atoms with E-state index >= 15 is 0 Å². The van der Waals surface area contributed by atoms with E-state index in [-0.39, 0.29) is 5.41 Å². The molecule has 138 valence electrons. The fraction of sp³-hybridized carbons (Fsp3) is 0.318. The van der Waals surface area contributed by atoms with Crippen molar-refractivity contribution < 1.29 is 19.4 Å². The number of ether oxygens (including phenoxy) is 2. The predicted molar refractivity (Wildman–Crippen MR) is 104 cm³/mol. The molecule has 0 unspecified atom stereocenters. The number of aliphatic carboxylic acids is 1. The van der Waals surface area contributed by atoms with Crippen LogP contribution in [0.1, 0.15) is 44.4 Å². The molecule has 0 aliphatic carbocycles. The zero-order chi connectivity index (χ0) is 19.2. The molecule has 0 aromatic heterocycles. The van der Waals surface area contributed by atoms with Crippen LogP contribution in [0.2, 0.25) is 0 Å². The molecule has 0 bridgehead atoms. The summed E-state index contributed by atoms with van der Waals surface area (Å²) in [5.41, 5.74) is 3.24. The van der Waals surface area contributed by atoms with Gasteiger partial charge in [-0.15, -0.1) is 0 Å². The molecule has 4 nitrogen and oxygen atoms in total. The lowest BCUT2D eigenvalue weighted by Gasteiger charge is -2.19. The number of hydrogen-bond donors (Lipinski definition) is 1. The molecule has 0 fully saturated rings. The van der Waals surface area contributed by atoms with Crippen LogP contribution in [0, 0.1) is 0 Å². The predicted octanol–water partition coefficient (Wildman–Crippen LogP) is 5.06. The first-order valence-electron chi connectivity index (χ1n) is 8.69. The van der Waals surface area contributed by atoms with Crippen molar-refractivity contribution in [2.24, 2.45) is 0 Å². The van der Waals surface area contributed by atoms with E-state index in [4.69, 9.17) is 14.6 Å². The van der Waals surface area contributed by atoms with Crippen molar-refractivity contribution in [2.75, 3.05) is 6.61 Å². The summed E-state index contributed by atoms with van der Waals surface area (Å²) in [4.78, 5) is 10.7. The molecule has 0 atom stereocenters. The van der Waals surface area contributed by atoms with E-state index in [1.807, 2.05) is 6.92 Å². The summed E-state index contributed by atoms with van der Waals surface area (Å²) in [6, 6.07) is 13.8. The van der Waals surface area contributed by atoms with Crippen LogP contribution in [0.4, 0.5) is 0 Å². The Balaban J connectivity index is 2.11. The van der Waals surface area contributed by atoms with Crippen molar-refractivity contribution in [1.29, 1.82) is 0 Å². The summed E-state index contributed by atoms with van der Waals surface area (Å²) in [6.07, 6.45) is 2.63. The second-order valence-corrected chi connectivity index (χ2v) is 7.05. The summed E-state index contributed by atoms with van der Waals surface area (Å²) >= 11 is 0. The molecule has 0 aliphatic rings. The zero-order valence-electron chi connectivity index (χ0n) is 15.8. The molecule has 0 saturated carbocycles. The van der Waals surface area contributed by atoms with Crippen LogP contribution in [0.25, 0.3) is 6.08 Å². The normalized spacial score (nSPS) is 11.5. The Morgan fingerprint density at radius 1 is 1.04 bits per heavy atom. The molecule has 2 aromatic carbocycles. The maximum atomic E-state index is 10.7. The third-order valence-corrected chi connectivity index (χ3v) is 3.90. The van der Waals surface area contributed by atoms with Crippen LogP contribution in [-0.2, 0) is 16.8 Å². The highest BCUT2D eigenvalue weighted by molar-refractivity contribution is 5.85. The summed E-state index contributed by atoms with van der Waals surface area (Å²) in [7, 11) is 0. The molecular formula is C22H26O4. The Morgan fingerprint density at radius 3 is 2.31 bits per heavy atom. The lowest BCUT2D eigenvalue weighted by Crippen LogP contribution is -2.10. The van der Waals surface area contributed by atoms with Gasteiger partial charge in [0.05, 0.1) is 6.61 Å². The lowest BCUT2D eigenvalue weighted by atomic mass is 9.87. The maximum absolute atomic E-state index is 10.7. The molecule has 2 rings (SSSR count). The van der Waals surface area contributed by atoms with Gasteiger partial charge in [0.25, 0.3) is 0 Å². The fourth-order valence-electron chi connectivity index (χ4n) is 2.45. The largest absolute Gasteiger partial charge is 0.490 e. The SMILES string of the molecule is CCOc1cc(/C=C/C(=O)O)ccc1OCc1ccc(C(C)(C)C)cc1. The van der Waals surface area contributed by atoms with E-state index in [0.717, 1.165) is 17.2 Å². The van der Waals surface area contributed by atoms with Crippen LogP contribution in [0.5, 0.6) is 11.5 Å². The smallest absolute Gasteiger partial charge is 0.328 e. The number of rotatable bonds is 7. The van der Waals surface area contributed by atoms with E-state index in [1.165, 1.54) is 11.6 Å². The highest BCUT2D eigenvalue weighted by Crippen LogP contribution is 2.30. The van der Waals surface area contributed by atoms with Crippen molar-refractivity contribution >= 4 is 12.0 Å². The molecule has 0 aliphatic heterocycles. The number of hydrogen-bond acceptors (Lipinski definition) is 3. The Labute approximate surface area is 155 Å². The van der Waals surface area contributed by atoms with E-state index < -0.39 is 5.97 Å². The molecule has 0 saturated heterocycles. The minimum absolute atomic E-state index is 0.126. The fourth-order valence-corrected chi connectivity index (χ4v) is 2.45. The first-order chi connectivity index (χ1) is 12.3. The van der Waals surface area contributed by atoms with Crippen LogP contribution in [0.15, 0.2) is 48.5 Å². The third kappa shape index (κ3) is 5.66. The molecule has 0 spiro atoms. The van der Waals surface area contributed by atoms with E-state index in [9.17, 15) is 4.79 Å². The molecule has 0 radical (unpaired) electrons. The van der Waals surface area contributed by atoms with E-state index in [2.05, 4.69) is 45.0 Å². The van der Waals surface area contributed by atoms with Crippen molar-refractivity contribution in [3.63, 3.8) is 0 Å². The van der Waals surface area contributed by atoms with Gasteiger partial charge in [0, 0.05) is 6.08 Å². The van der Waals surface area contributed by atoms with E-state index in [0.29, 0.717) is 24.7 Å². The quantitative estimate of drug-likeness (QED) is 0.706. The lowest BCUT2D eigenvalue weighted by molar-refractivity contribution is -0.131. The van der Waals surface area contributed by atoms with Gasteiger partial charge in [-0.1, -0.05) is 51.1 Å². The second-order valence-electron chi connectivity index (χ2n) is 7.05. The number of carboxylic acid groups (broad SMARTS) is 1. The van der Waals surface area contributed by atoms with E-state index in [1.54, 1.807) is 18.2 Å². The Kier molecular flexibility index (Phi) is 6.45. The maximum Gasteiger partial charge on any atom is 0.328 e. The average Bonchev–Trinajstić information content (AvgIpc) is 2.59. The van der Waals surface area contributed by atoms with Crippen LogP contribution >= 0.6 is 0 Å². The van der Waals surface area contributed by atoms with Gasteiger partial charge in [-0.2, -0.15) is 0 Å². The highest BCUT2D eigenvalue weighted by atomic mass is 16.5. The van der Waals surface area contributed by atoms with Crippen molar-refractivity contribution in [3.8, 4) is 11.5 Å². The number of carboxylic acids is 1. The van der Waals surface area contributed by atoms with Crippen LogP contribution in [-0.4, -0.2) is 17.7 Å². The topological polar surface area (TPSA) is 55.8 Å². The van der Waals surface area contributed by atoms with Gasteiger partial charge in [-0.25, -0.2) is 4.79 Å². The average molecular weight is 354 g/mol. The van der Waals surface area contributed by atoms with Gasteiger partial charge in [-0.3, -0.25) is 0 Å². The first-order valence-corrected chi connectivity index (χ1v) is 8.69. The Morgan fingerprint density at radius 2 is 1.73 bits per heavy atom. The minimum atomic E-state index is -0.984. The van der Waals surface area contributed by atoms with Gasteiger partial charge in [0.1, 0.15) is 6.61 Å². The van der Waals surface area contributed by atoms with Gasteiger partial charge in [0.15, 0.2) is 11.5 Å². The highest BCUT2D eigenvalue weighted by Gasteiger charge is 2.13. The summed E-state index contributed by atoms with van der Waals surface area (Å²) in [5, 5.41) is 8.74. The Bertz CT molecular complexity index is 768. The summed E-state index contributed by atoms with van der Waals surface area (Å²) < 4.78 is 11.5. The molecule has 2 aromatic rings. The number of carbonyl (C=O) groups is 1. The first kappa shape index (κ1) is 19.6. The standard InChI is InChI=1S/C22H26O4/c1-5-25-20-14-16(9-13-21(23)24)8-12-19(20)26-15-17-6-10-18(11-7-17)22(2,3)4/h6-14H,5,15H2,1-4H3,(H,23,24)/b13-9+. The van der Waals surface area contributed by atoms with Gasteiger partial charge >= 0.3 is 5.97 Å². The molecular weight excluding hydrogens is 328 g/mol.